The molecule has 0 amide bonds. The van der Waals surface area contributed by atoms with Crippen LogP contribution in [-0.2, 0) is 0 Å². The maximum atomic E-state index is 3.42. The Kier molecular flexibility index (Phi) is 9.68. The van der Waals surface area contributed by atoms with Gasteiger partial charge in [0.15, 0.2) is 0 Å². The molecule has 2 N–H and O–H groups in total. The van der Waals surface area contributed by atoms with Crippen LogP contribution in [0.4, 0.5) is 0 Å². The Balaban J connectivity index is 4.23. The van der Waals surface area contributed by atoms with Crippen LogP contribution in [0.2, 0.25) is 0 Å². The third kappa shape index (κ3) is 6.33. The largest absolute Gasteiger partial charge is 0.305 e. The van der Waals surface area contributed by atoms with Gasteiger partial charge in [-0.05, 0) is 27.6 Å². The fourth-order valence-electron chi connectivity index (χ4n) is 1.97. The Morgan fingerprint density at radius 2 is 1.65 bits per heavy atom. The van der Waals surface area contributed by atoms with Crippen molar-refractivity contribution < 1.29 is 0 Å². The number of hydrogen-bond donors (Lipinski definition) is 2. The zero-order valence-corrected chi connectivity index (χ0v) is 12.5. The van der Waals surface area contributed by atoms with E-state index in [2.05, 4.69) is 60.6 Å². The summed E-state index contributed by atoms with van der Waals surface area (Å²) in [7, 11) is 6.23. The molecule has 1 unspecified atom stereocenters. The molecule has 0 heterocycles. The highest BCUT2D eigenvalue weighted by Gasteiger charge is 2.14. The van der Waals surface area contributed by atoms with Crippen molar-refractivity contribution in [3.63, 3.8) is 0 Å². The summed E-state index contributed by atoms with van der Waals surface area (Å²) in [4.78, 5) is 2.21. The molecule has 0 spiro atoms. The van der Waals surface area contributed by atoms with Gasteiger partial charge in [-0.25, -0.2) is 10.4 Å². The van der Waals surface area contributed by atoms with Crippen LogP contribution in [0.3, 0.4) is 0 Å². The Labute approximate surface area is 107 Å². The van der Waals surface area contributed by atoms with Crippen molar-refractivity contribution in [3.05, 3.63) is 0 Å². The quantitative estimate of drug-likeness (QED) is 0.434. The lowest BCUT2D eigenvalue weighted by Crippen LogP contribution is -2.53. The second-order valence-electron chi connectivity index (χ2n) is 4.33. The maximum absolute atomic E-state index is 3.42. The van der Waals surface area contributed by atoms with E-state index in [1.165, 1.54) is 0 Å². The Bertz CT molecular complexity index is 170. The van der Waals surface area contributed by atoms with Gasteiger partial charge in [-0.3, -0.25) is 4.90 Å². The Hall–Kier alpha value is -0.200. The zero-order valence-electron chi connectivity index (χ0n) is 12.5. The topological polar surface area (TPSA) is 33.8 Å². The molecule has 0 saturated heterocycles. The molecule has 0 aromatic carbocycles. The normalized spacial score (nSPS) is 13.9. The molecule has 0 radical (unpaired) electrons. The van der Waals surface area contributed by atoms with Crippen molar-refractivity contribution in [3.8, 4) is 0 Å². The van der Waals surface area contributed by atoms with Gasteiger partial charge in [-0.15, -0.1) is 0 Å². The van der Waals surface area contributed by atoms with Gasteiger partial charge in [0.25, 0.3) is 0 Å². The lowest BCUT2D eigenvalue weighted by molar-refractivity contribution is -0.0664. The molecule has 17 heavy (non-hydrogen) atoms. The SMILES string of the molecule is CCNN(CCC(NC)N(C)C)N(CC)CC. The summed E-state index contributed by atoms with van der Waals surface area (Å²) in [5.74, 6) is 0. The highest BCUT2D eigenvalue weighted by atomic mass is 15.8. The minimum Gasteiger partial charge on any atom is -0.305 e. The molecule has 0 bridgehead atoms. The first kappa shape index (κ1) is 16.8. The third-order valence-electron chi connectivity index (χ3n) is 2.98. The van der Waals surface area contributed by atoms with Crippen molar-refractivity contribution in [1.29, 1.82) is 0 Å². The monoisotopic (exact) mass is 245 g/mol. The zero-order chi connectivity index (χ0) is 13.3. The first-order valence-electron chi connectivity index (χ1n) is 6.70. The molecule has 0 aliphatic rings. The van der Waals surface area contributed by atoms with E-state index in [9.17, 15) is 0 Å². The second kappa shape index (κ2) is 9.79. The average Bonchev–Trinajstić information content (AvgIpc) is 2.30. The van der Waals surface area contributed by atoms with Crippen LogP contribution in [0.25, 0.3) is 0 Å². The van der Waals surface area contributed by atoms with Gasteiger partial charge >= 0.3 is 0 Å². The number of hydrazine groups is 2. The fourth-order valence-corrected chi connectivity index (χ4v) is 1.97. The number of rotatable bonds is 10. The minimum atomic E-state index is 0.423. The van der Waals surface area contributed by atoms with Gasteiger partial charge in [0.05, 0.1) is 6.17 Å². The standard InChI is InChI=1S/C12H31N5/c1-7-14-17(16(8-2)9-3)11-10-12(13-4)15(5)6/h12-14H,7-11H2,1-6H3. The molecule has 5 heteroatoms. The van der Waals surface area contributed by atoms with Gasteiger partial charge in [-0.2, -0.15) is 5.12 Å². The van der Waals surface area contributed by atoms with Crippen LogP contribution in [0.1, 0.15) is 27.2 Å². The van der Waals surface area contributed by atoms with Gasteiger partial charge in [0, 0.05) is 26.2 Å². The molecule has 0 aliphatic heterocycles. The summed E-state index contributed by atoms with van der Waals surface area (Å²) in [6.07, 6.45) is 1.51. The van der Waals surface area contributed by atoms with E-state index in [1.807, 2.05) is 7.05 Å². The van der Waals surface area contributed by atoms with Gasteiger partial charge < -0.3 is 5.32 Å². The summed E-state index contributed by atoms with van der Waals surface area (Å²) in [5.41, 5.74) is 3.42. The van der Waals surface area contributed by atoms with Gasteiger partial charge in [0.2, 0.25) is 0 Å². The highest BCUT2D eigenvalue weighted by Crippen LogP contribution is 2.00. The van der Waals surface area contributed by atoms with E-state index in [1.54, 1.807) is 0 Å². The van der Waals surface area contributed by atoms with Crippen LogP contribution in [0.5, 0.6) is 0 Å². The predicted molar refractivity (Wildman–Crippen MR) is 74.5 cm³/mol. The van der Waals surface area contributed by atoms with E-state index in [0.717, 1.165) is 32.6 Å². The summed E-state index contributed by atoms with van der Waals surface area (Å²) < 4.78 is 0. The number of nitrogens with one attached hydrogen (secondary N) is 2. The number of nitrogens with zero attached hydrogens (tertiary/aromatic N) is 3. The van der Waals surface area contributed by atoms with Crippen LogP contribution >= 0.6 is 0 Å². The highest BCUT2D eigenvalue weighted by molar-refractivity contribution is 4.63. The Morgan fingerprint density at radius 1 is 1.06 bits per heavy atom. The third-order valence-corrected chi connectivity index (χ3v) is 2.98. The Morgan fingerprint density at radius 3 is 2.00 bits per heavy atom. The van der Waals surface area contributed by atoms with Gasteiger partial charge in [-0.1, -0.05) is 20.8 Å². The predicted octanol–water partition coefficient (Wildman–Crippen LogP) is 0.567. The van der Waals surface area contributed by atoms with Crippen LogP contribution in [0, 0.1) is 0 Å². The molecule has 1 atom stereocenters. The van der Waals surface area contributed by atoms with Crippen molar-refractivity contribution >= 4 is 0 Å². The summed E-state index contributed by atoms with van der Waals surface area (Å²) >= 11 is 0. The summed E-state index contributed by atoms with van der Waals surface area (Å²) in [5, 5.41) is 7.90. The fraction of sp³-hybridized carbons (Fsp3) is 1.00. The molecule has 0 aromatic rings. The molecule has 0 fully saturated rings. The van der Waals surface area contributed by atoms with E-state index in [-0.39, 0.29) is 0 Å². The van der Waals surface area contributed by atoms with Crippen molar-refractivity contribution in [1.82, 2.24) is 25.8 Å². The first-order chi connectivity index (χ1) is 8.10. The smallest absolute Gasteiger partial charge is 0.0603 e. The first-order valence-corrected chi connectivity index (χ1v) is 6.70. The van der Waals surface area contributed by atoms with Crippen molar-refractivity contribution in [2.45, 2.75) is 33.4 Å². The van der Waals surface area contributed by atoms with Crippen LogP contribution < -0.4 is 10.7 Å². The molecule has 5 nitrogen and oxygen atoms in total. The summed E-state index contributed by atoms with van der Waals surface area (Å²) in [6, 6.07) is 0. The van der Waals surface area contributed by atoms with Crippen molar-refractivity contribution in [2.75, 3.05) is 47.3 Å². The molecule has 0 saturated carbocycles. The van der Waals surface area contributed by atoms with E-state index >= 15 is 0 Å². The van der Waals surface area contributed by atoms with E-state index in [4.69, 9.17) is 0 Å². The van der Waals surface area contributed by atoms with Crippen LogP contribution in [-0.4, -0.2) is 68.5 Å². The van der Waals surface area contributed by atoms with E-state index in [0.29, 0.717) is 6.17 Å². The molecular formula is C12H31N5. The second-order valence-corrected chi connectivity index (χ2v) is 4.33. The molecule has 0 rings (SSSR count). The minimum absolute atomic E-state index is 0.423. The molecule has 0 aliphatic carbocycles. The average molecular weight is 245 g/mol. The molecule has 0 aromatic heterocycles. The van der Waals surface area contributed by atoms with Gasteiger partial charge in [0.1, 0.15) is 0 Å². The number of hydrogen-bond acceptors (Lipinski definition) is 5. The molecular weight excluding hydrogens is 214 g/mol. The maximum Gasteiger partial charge on any atom is 0.0603 e. The lowest BCUT2D eigenvalue weighted by Gasteiger charge is -2.35. The lowest BCUT2D eigenvalue weighted by atomic mass is 10.3. The van der Waals surface area contributed by atoms with E-state index < -0.39 is 0 Å². The summed E-state index contributed by atoms with van der Waals surface area (Å²) in [6.45, 7) is 10.6. The van der Waals surface area contributed by atoms with Crippen molar-refractivity contribution in [2.24, 2.45) is 0 Å². The molecule has 104 valence electrons. The van der Waals surface area contributed by atoms with Crippen LogP contribution in [0.15, 0.2) is 0 Å².